The van der Waals surface area contributed by atoms with Crippen molar-refractivity contribution in [3.05, 3.63) is 111 Å². The third-order valence-electron chi connectivity index (χ3n) is 6.84. The van der Waals surface area contributed by atoms with Gasteiger partial charge in [0.1, 0.15) is 12.3 Å². The largest absolute Gasteiger partial charge is 0.467 e. The van der Waals surface area contributed by atoms with Crippen LogP contribution in [-0.2, 0) is 26.1 Å². The normalized spacial score (nSPS) is 12.4. The van der Waals surface area contributed by atoms with E-state index in [-0.39, 0.29) is 11.6 Å². The number of fused-ring (bicyclic) bond motifs is 1. The van der Waals surface area contributed by atoms with Crippen molar-refractivity contribution >= 4 is 10.9 Å². The fourth-order valence-electron chi connectivity index (χ4n) is 4.78. The van der Waals surface area contributed by atoms with Gasteiger partial charge in [-0.05, 0) is 77.0 Å². The van der Waals surface area contributed by atoms with E-state index in [1.807, 2.05) is 24.3 Å². The first kappa shape index (κ1) is 24.6. The summed E-state index contributed by atoms with van der Waals surface area (Å²) in [7, 11) is 0. The van der Waals surface area contributed by atoms with Crippen molar-refractivity contribution in [2.75, 3.05) is 0 Å². The molecule has 1 atom stereocenters. The van der Waals surface area contributed by atoms with Gasteiger partial charge in [-0.15, -0.1) is 5.10 Å². The molecule has 0 bridgehead atoms. The minimum Gasteiger partial charge on any atom is -0.467 e. The number of aryl methyl sites for hydroxylation is 2. The number of tetrazole rings is 1. The molecular weight excluding hydrogens is 464 g/mol. The van der Waals surface area contributed by atoms with Gasteiger partial charge in [-0.3, -0.25) is 9.69 Å². The molecular formula is C29H32N6O2. The molecule has 0 aliphatic carbocycles. The number of aromatic amines is 1. The Morgan fingerprint density at radius 3 is 2.57 bits per heavy atom. The highest BCUT2D eigenvalue weighted by molar-refractivity contribution is 5.79. The first-order chi connectivity index (χ1) is 18.0. The molecule has 5 aromatic rings. The average molecular weight is 497 g/mol. The van der Waals surface area contributed by atoms with Gasteiger partial charge in [0.05, 0.1) is 12.3 Å². The van der Waals surface area contributed by atoms with Crippen molar-refractivity contribution in [3.63, 3.8) is 0 Å². The summed E-state index contributed by atoms with van der Waals surface area (Å²) in [6, 6.07) is 20.4. The molecule has 190 valence electrons. The third-order valence-corrected chi connectivity index (χ3v) is 6.84. The van der Waals surface area contributed by atoms with Gasteiger partial charge in [-0.25, -0.2) is 4.68 Å². The number of rotatable bonds is 10. The second-order valence-electron chi connectivity index (χ2n) is 9.49. The summed E-state index contributed by atoms with van der Waals surface area (Å²) in [5.41, 5.74) is 5.12. The minimum atomic E-state index is -0.108. The summed E-state index contributed by atoms with van der Waals surface area (Å²) in [5, 5.41) is 13.7. The highest BCUT2D eigenvalue weighted by Crippen LogP contribution is 2.27. The van der Waals surface area contributed by atoms with Crippen LogP contribution in [0.5, 0.6) is 0 Å². The topological polar surface area (TPSA) is 92.8 Å². The van der Waals surface area contributed by atoms with Gasteiger partial charge in [0, 0.05) is 24.2 Å². The van der Waals surface area contributed by atoms with Crippen LogP contribution >= 0.6 is 0 Å². The number of hydrogen-bond donors (Lipinski definition) is 1. The quantitative estimate of drug-likeness (QED) is 0.286. The van der Waals surface area contributed by atoms with Crippen molar-refractivity contribution in [1.29, 1.82) is 0 Å². The lowest BCUT2D eigenvalue weighted by Gasteiger charge is -2.30. The number of hydrogen-bond acceptors (Lipinski definition) is 6. The van der Waals surface area contributed by atoms with Crippen LogP contribution in [0.3, 0.4) is 0 Å². The van der Waals surface area contributed by atoms with Gasteiger partial charge >= 0.3 is 0 Å². The molecule has 0 radical (unpaired) electrons. The maximum Gasteiger partial charge on any atom is 0.252 e. The molecule has 0 aliphatic heterocycles. The number of nitrogens with one attached hydrogen (secondary N) is 1. The van der Waals surface area contributed by atoms with Crippen LogP contribution in [0.2, 0.25) is 0 Å². The first-order valence-corrected chi connectivity index (χ1v) is 12.8. The highest BCUT2D eigenvalue weighted by Gasteiger charge is 2.26. The van der Waals surface area contributed by atoms with Gasteiger partial charge in [-0.1, -0.05) is 49.7 Å². The molecule has 37 heavy (non-hydrogen) atoms. The van der Waals surface area contributed by atoms with Crippen molar-refractivity contribution in [1.82, 2.24) is 30.1 Å². The van der Waals surface area contributed by atoms with Crippen molar-refractivity contribution in [3.8, 4) is 0 Å². The van der Waals surface area contributed by atoms with Crippen LogP contribution in [0.25, 0.3) is 10.9 Å². The molecule has 0 saturated heterocycles. The van der Waals surface area contributed by atoms with Crippen LogP contribution in [0.1, 0.15) is 60.1 Å². The predicted octanol–water partition coefficient (Wildman–Crippen LogP) is 5.18. The highest BCUT2D eigenvalue weighted by atomic mass is 16.3. The lowest BCUT2D eigenvalue weighted by molar-refractivity contribution is 0.161. The zero-order chi connectivity index (χ0) is 25.8. The molecule has 5 rings (SSSR count). The van der Waals surface area contributed by atoms with Crippen LogP contribution in [0, 0.1) is 6.92 Å². The van der Waals surface area contributed by atoms with E-state index in [9.17, 15) is 4.79 Å². The van der Waals surface area contributed by atoms with Crippen LogP contribution in [0.15, 0.2) is 76.1 Å². The molecule has 0 fully saturated rings. The van der Waals surface area contributed by atoms with Crippen molar-refractivity contribution < 1.29 is 4.42 Å². The molecule has 2 aromatic carbocycles. The first-order valence-electron chi connectivity index (χ1n) is 12.8. The Kier molecular flexibility index (Phi) is 7.28. The van der Waals surface area contributed by atoms with Crippen molar-refractivity contribution in [2.24, 2.45) is 0 Å². The summed E-state index contributed by atoms with van der Waals surface area (Å²) >= 11 is 0. The van der Waals surface area contributed by atoms with E-state index in [2.05, 4.69) is 82.6 Å². The second kappa shape index (κ2) is 10.9. The molecule has 0 saturated carbocycles. The van der Waals surface area contributed by atoms with E-state index < -0.39 is 0 Å². The summed E-state index contributed by atoms with van der Waals surface area (Å²) in [6.45, 7) is 7.89. The minimum absolute atomic E-state index is 0.0734. The predicted molar refractivity (Wildman–Crippen MR) is 143 cm³/mol. The summed E-state index contributed by atoms with van der Waals surface area (Å²) in [5.74, 6) is 1.53. The molecule has 3 aromatic heterocycles. The maximum atomic E-state index is 13.2. The molecule has 0 aliphatic rings. The Morgan fingerprint density at radius 1 is 1.03 bits per heavy atom. The van der Waals surface area contributed by atoms with Gasteiger partial charge in [-0.2, -0.15) is 0 Å². The maximum absolute atomic E-state index is 13.2. The Morgan fingerprint density at radius 2 is 1.84 bits per heavy atom. The van der Waals surface area contributed by atoms with Gasteiger partial charge in [0.25, 0.3) is 5.56 Å². The van der Waals surface area contributed by atoms with Crippen LogP contribution in [-0.4, -0.2) is 30.1 Å². The fourth-order valence-corrected chi connectivity index (χ4v) is 4.78. The van der Waals surface area contributed by atoms with E-state index in [4.69, 9.17) is 4.42 Å². The molecule has 3 heterocycles. The summed E-state index contributed by atoms with van der Waals surface area (Å²) in [6.07, 6.45) is 3.37. The number of aromatic nitrogens is 5. The standard InChI is InChI=1S/C29H32N6O2/c1-4-21-12-13-26-23(15-21)16-24(29(36)30-26)18-34(17-22-10-8-20(3)9-11-22)27(5-2)28-31-32-33-35(28)19-25-7-6-14-37-25/h6-16,27H,4-5,17-19H2,1-3H3,(H,30,36). The molecule has 0 amide bonds. The zero-order valence-electron chi connectivity index (χ0n) is 21.5. The van der Waals surface area contributed by atoms with Gasteiger partial charge in [0.15, 0.2) is 5.82 Å². The van der Waals surface area contributed by atoms with Gasteiger partial charge in [0.2, 0.25) is 0 Å². The lowest BCUT2D eigenvalue weighted by Crippen LogP contribution is -2.32. The molecule has 8 nitrogen and oxygen atoms in total. The van der Waals surface area contributed by atoms with E-state index in [0.717, 1.165) is 40.9 Å². The van der Waals surface area contributed by atoms with Crippen LogP contribution in [0.4, 0.5) is 0 Å². The van der Waals surface area contributed by atoms with E-state index in [1.54, 1.807) is 10.9 Å². The number of pyridine rings is 1. The molecule has 8 heteroatoms. The van der Waals surface area contributed by atoms with Gasteiger partial charge < -0.3 is 9.40 Å². The van der Waals surface area contributed by atoms with E-state index >= 15 is 0 Å². The fraction of sp³-hybridized carbons (Fsp3) is 0.310. The number of nitrogens with zero attached hydrogens (tertiary/aromatic N) is 5. The Labute approximate surface area is 215 Å². The Hall–Kier alpha value is -4.04. The van der Waals surface area contributed by atoms with E-state index in [1.165, 1.54) is 16.7 Å². The molecule has 1 unspecified atom stereocenters. The SMILES string of the molecule is CCc1ccc2[nH]c(=O)c(CN(Cc3ccc(C)cc3)C(CC)c3nnnn3Cc3ccco3)cc2c1. The Balaban J connectivity index is 1.52. The average Bonchev–Trinajstić information content (AvgIpc) is 3.59. The van der Waals surface area contributed by atoms with E-state index in [0.29, 0.717) is 19.6 Å². The van der Waals surface area contributed by atoms with Crippen LogP contribution < -0.4 is 5.56 Å². The summed E-state index contributed by atoms with van der Waals surface area (Å²) in [4.78, 5) is 18.5. The number of furan rings is 1. The van der Waals surface area contributed by atoms with Crippen molar-refractivity contribution in [2.45, 2.75) is 59.3 Å². The summed E-state index contributed by atoms with van der Waals surface area (Å²) < 4.78 is 7.32. The lowest BCUT2D eigenvalue weighted by atomic mass is 10.0. The number of benzene rings is 2. The molecule has 1 N–H and O–H groups in total. The monoisotopic (exact) mass is 496 g/mol. The zero-order valence-corrected chi connectivity index (χ0v) is 21.5. The number of H-pyrrole nitrogens is 1. The second-order valence-corrected chi connectivity index (χ2v) is 9.49. The smallest absolute Gasteiger partial charge is 0.252 e. The Bertz CT molecular complexity index is 1520. The third kappa shape index (κ3) is 5.54. The molecule has 0 spiro atoms.